The van der Waals surface area contributed by atoms with Crippen molar-refractivity contribution in [3.05, 3.63) is 224 Å². The lowest BCUT2D eigenvalue weighted by Crippen LogP contribution is -2.11. The van der Waals surface area contributed by atoms with Crippen molar-refractivity contribution in [3.8, 4) is 55.6 Å². The van der Waals surface area contributed by atoms with Crippen LogP contribution in [0.15, 0.2) is 224 Å². The molecular weight excluding hydrogens is 639 g/mol. The van der Waals surface area contributed by atoms with Gasteiger partial charge in [-0.25, -0.2) is 0 Å². The summed E-state index contributed by atoms with van der Waals surface area (Å²) in [5.41, 5.74) is 15.2. The molecule has 0 aliphatic heterocycles. The fourth-order valence-electron chi connectivity index (χ4n) is 7.54. The molecular formula is C52H37N. The second-order valence-electron chi connectivity index (χ2n) is 13.3. The normalized spacial score (nSPS) is 11.0. The second kappa shape index (κ2) is 14.3. The van der Waals surface area contributed by atoms with Crippen molar-refractivity contribution >= 4 is 27.8 Å². The lowest BCUT2D eigenvalue weighted by Gasteiger charge is -2.29. The lowest BCUT2D eigenvalue weighted by atomic mass is 9.94. The SMILES string of the molecule is c1ccc(-c2ccccc2-c2cccc(N(c3cccc(-c4cccc(-c5cccc6ccccc56)c4)c3)c3ccccc3-c3ccccc3)c2)cc1. The Hall–Kier alpha value is -6.96. The van der Waals surface area contributed by atoms with Gasteiger partial charge in [0.05, 0.1) is 5.69 Å². The average molecular weight is 676 g/mol. The summed E-state index contributed by atoms with van der Waals surface area (Å²) in [5.74, 6) is 0. The van der Waals surface area contributed by atoms with Crippen LogP contribution in [0.4, 0.5) is 17.1 Å². The van der Waals surface area contributed by atoms with Crippen LogP contribution in [-0.2, 0) is 0 Å². The Kier molecular flexibility index (Phi) is 8.66. The predicted molar refractivity (Wildman–Crippen MR) is 226 cm³/mol. The maximum atomic E-state index is 2.41. The minimum absolute atomic E-state index is 1.09. The van der Waals surface area contributed by atoms with Gasteiger partial charge in [0.1, 0.15) is 0 Å². The molecule has 0 spiro atoms. The third-order valence-corrected chi connectivity index (χ3v) is 10.1. The highest BCUT2D eigenvalue weighted by Crippen LogP contribution is 2.44. The van der Waals surface area contributed by atoms with Gasteiger partial charge in [0, 0.05) is 16.9 Å². The molecule has 0 N–H and O–H groups in total. The van der Waals surface area contributed by atoms with Gasteiger partial charge < -0.3 is 4.90 Å². The van der Waals surface area contributed by atoms with Crippen molar-refractivity contribution in [1.82, 2.24) is 0 Å². The molecule has 0 heterocycles. The minimum atomic E-state index is 1.09. The molecule has 0 aliphatic rings. The lowest BCUT2D eigenvalue weighted by molar-refractivity contribution is 1.28. The van der Waals surface area contributed by atoms with Gasteiger partial charge in [-0.05, 0) is 97.2 Å². The van der Waals surface area contributed by atoms with E-state index in [9.17, 15) is 0 Å². The van der Waals surface area contributed by atoms with Gasteiger partial charge in [-0.15, -0.1) is 0 Å². The number of benzene rings is 9. The van der Waals surface area contributed by atoms with Crippen LogP contribution in [0.1, 0.15) is 0 Å². The monoisotopic (exact) mass is 675 g/mol. The van der Waals surface area contributed by atoms with Gasteiger partial charge in [-0.2, -0.15) is 0 Å². The van der Waals surface area contributed by atoms with Crippen molar-refractivity contribution in [3.63, 3.8) is 0 Å². The van der Waals surface area contributed by atoms with E-state index in [1.807, 2.05) is 0 Å². The molecule has 1 heteroatoms. The van der Waals surface area contributed by atoms with E-state index in [1.165, 1.54) is 60.8 Å². The topological polar surface area (TPSA) is 3.24 Å². The zero-order chi connectivity index (χ0) is 35.4. The van der Waals surface area contributed by atoms with E-state index in [4.69, 9.17) is 0 Å². The Morgan fingerprint density at radius 3 is 1.38 bits per heavy atom. The predicted octanol–water partition coefficient (Wildman–Crippen LogP) is 14.6. The van der Waals surface area contributed by atoms with Crippen LogP contribution >= 0.6 is 0 Å². The molecule has 1 nitrogen and oxygen atoms in total. The smallest absolute Gasteiger partial charge is 0.0540 e. The standard InChI is InChI=1S/C52H37N/c1-3-17-38(18-4-1)47-30-9-10-31-49(47)44-26-15-28-46(37-44)53(52-34-12-11-32-51(52)40-19-5-2-6-20-40)45-27-14-24-42(36-45)41-23-13-25-43(35-41)50-33-16-22-39-21-7-8-29-48(39)50/h1-37H. The van der Waals surface area contributed by atoms with Crippen LogP contribution in [0, 0.1) is 0 Å². The Balaban J connectivity index is 1.20. The number of nitrogens with zero attached hydrogens (tertiary/aromatic N) is 1. The maximum Gasteiger partial charge on any atom is 0.0540 e. The van der Waals surface area contributed by atoms with Gasteiger partial charge in [-0.1, -0.05) is 188 Å². The van der Waals surface area contributed by atoms with E-state index >= 15 is 0 Å². The van der Waals surface area contributed by atoms with E-state index in [1.54, 1.807) is 0 Å². The van der Waals surface area contributed by atoms with Gasteiger partial charge in [-0.3, -0.25) is 0 Å². The first-order chi connectivity index (χ1) is 26.3. The molecule has 0 radical (unpaired) electrons. The maximum absolute atomic E-state index is 2.41. The molecule has 0 amide bonds. The summed E-state index contributed by atoms with van der Waals surface area (Å²) in [4.78, 5) is 2.41. The van der Waals surface area contributed by atoms with Crippen LogP contribution in [0.5, 0.6) is 0 Å². The van der Waals surface area contributed by atoms with Crippen LogP contribution in [0.2, 0.25) is 0 Å². The Morgan fingerprint density at radius 1 is 0.245 bits per heavy atom. The molecule has 9 aromatic rings. The van der Waals surface area contributed by atoms with Crippen molar-refractivity contribution in [1.29, 1.82) is 0 Å². The summed E-state index contributed by atoms with van der Waals surface area (Å²) in [6.45, 7) is 0. The van der Waals surface area contributed by atoms with E-state index in [0.29, 0.717) is 0 Å². The van der Waals surface area contributed by atoms with Gasteiger partial charge in [0.2, 0.25) is 0 Å². The zero-order valence-electron chi connectivity index (χ0n) is 29.3. The van der Waals surface area contributed by atoms with Gasteiger partial charge in [0.25, 0.3) is 0 Å². The summed E-state index contributed by atoms with van der Waals surface area (Å²) in [6, 6.07) is 80.8. The summed E-state index contributed by atoms with van der Waals surface area (Å²) in [7, 11) is 0. The number of anilines is 3. The van der Waals surface area contributed by atoms with Gasteiger partial charge >= 0.3 is 0 Å². The van der Waals surface area contributed by atoms with E-state index < -0.39 is 0 Å². The summed E-state index contributed by atoms with van der Waals surface area (Å²) < 4.78 is 0. The van der Waals surface area contributed by atoms with E-state index in [0.717, 1.165) is 22.6 Å². The Labute approximate surface area is 311 Å². The number of para-hydroxylation sites is 1. The van der Waals surface area contributed by atoms with E-state index in [-0.39, 0.29) is 0 Å². The molecule has 0 aromatic heterocycles. The Morgan fingerprint density at radius 2 is 0.660 bits per heavy atom. The molecule has 0 saturated heterocycles. The molecule has 9 rings (SSSR count). The largest absolute Gasteiger partial charge is 0.310 e. The quantitative estimate of drug-likeness (QED) is 0.155. The first kappa shape index (κ1) is 32.0. The summed E-state index contributed by atoms with van der Waals surface area (Å²) >= 11 is 0. The molecule has 0 saturated carbocycles. The fourth-order valence-corrected chi connectivity index (χ4v) is 7.54. The molecule has 0 aliphatic carbocycles. The van der Waals surface area contributed by atoms with Crippen molar-refractivity contribution < 1.29 is 0 Å². The first-order valence-electron chi connectivity index (χ1n) is 18.2. The minimum Gasteiger partial charge on any atom is -0.310 e. The van der Waals surface area contributed by atoms with Crippen LogP contribution in [0.3, 0.4) is 0 Å². The van der Waals surface area contributed by atoms with Crippen molar-refractivity contribution in [2.45, 2.75) is 0 Å². The number of hydrogen-bond donors (Lipinski definition) is 0. The molecule has 0 unspecified atom stereocenters. The third kappa shape index (κ3) is 6.42. The van der Waals surface area contributed by atoms with Gasteiger partial charge in [0.15, 0.2) is 0 Å². The van der Waals surface area contributed by atoms with Crippen molar-refractivity contribution in [2.24, 2.45) is 0 Å². The zero-order valence-corrected chi connectivity index (χ0v) is 29.3. The van der Waals surface area contributed by atoms with E-state index in [2.05, 4.69) is 229 Å². The molecule has 0 atom stereocenters. The van der Waals surface area contributed by atoms with Crippen LogP contribution < -0.4 is 4.90 Å². The fraction of sp³-hybridized carbons (Fsp3) is 0. The third-order valence-electron chi connectivity index (χ3n) is 10.1. The highest BCUT2D eigenvalue weighted by molar-refractivity contribution is 5.97. The highest BCUT2D eigenvalue weighted by Gasteiger charge is 2.19. The number of hydrogen-bond acceptors (Lipinski definition) is 1. The summed E-state index contributed by atoms with van der Waals surface area (Å²) in [5, 5.41) is 2.51. The Bertz CT molecular complexity index is 2670. The highest BCUT2D eigenvalue weighted by atomic mass is 15.1. The van der Waals surface area contributed by atoms with Crippen LogP contribution in [-0.4, -0.2) is 0 Å². The molecule has 0 fully saturated rings. The summed E-state index contributed by atoms with van der Waals surface area (Å²) in [6.07, 6.45) is 0. The number of rotatable bonds is 8. The molecule has 0 bridgehead atoms. The van der Waals surface area contributed by atoms with Crippen LogP contribution in [0.25, 0.3) is 66.4 Å². The first-order valence-corrected chi connectivity index (χ1v) is 18.2. The molecule has 250 valence electrons. The van der Waals surface area contributed by atoms with Crippen molar-refractivity contribution in [2.75, 3.05) is 4.90 Å². The molecule has 9 aromatic carbocycles. The number of fused-ring (bicyclic) bond motifs is 1. The molecule has 53 heavy (non-hydrogen) atoms. The second-order valence-corrected chi connectivity index (χ2v) is 13.3. The average Bonchev–Trinajstić information content (AvgIpc) is 3.25.